The average molecular weight is 282 g/mol. The molecule has 0 aliphatic rings. The van der Waals surface area contributed by atoms with Crippen LogP contribution in [0.3, 0.4) is 0 Å². The van der Waals surface area contributed by atoms with Crippen LogP contribution in [0.25, 0.3) is 0 Å². The molecule has 19 heavy (non-hydrogen) atoms. The van der Waals surface area contributed by atoms with Gasteiger partial charge in [-0.05, 0) is 51.8 Å². The first kappa shape index (κ1) is 15.8. The Labute approximate surface area is 119 Å². The zero-order chi connectivity index (χ0) is 14.5. The molecule has 0 aromatic heterocycles. The van der Waals surface area contributed by atoms with Crippen molar-refractivity contribution in [2.75, 3.05) is 6.61 Å². The Morgan fingerprint density at radius 2 is 2.16 bits per heavy atom. The number of hydrogen-bond acceptors (Lipinski definition) is 3. The van der Waals surface area contributed by atoms with Crippen LogP contribution in [0.1, 0.15) is 45.3 Å². The zero-order valence-electron chi connectivity index (χ0n) is 11.6. The molecule has 0 aliphatic carbocycles. The van der Waals surface area contributed by atoms with E-state index in [0.29, 0.717) is 22.9 Å². The third-order valence-electron chi connectivity index (χ3n) is 2.93. The summed E-state index contributed by atoms with van der Waals surface area (Å²) in [5, 5.41) is 19.2. The van der Waals surface area contributed by atoms with Gasteiger partial charge in [0.15, 0.2) is 0 Å². The van der Waals surface area contributed by atoms with Gasteiger partial charge in [0.25, 0.3) is 0 Å². The minimum Gasteiger partial charge on any atom is -0.493 e. The minimum absolute atomic E-state index is 0.323. The van der Waals surface area contributed by atoms with Crippen LogP contribution in [0.2, 0.25) is 5.02 Å². The lowest BCUT2D eigenvalue weighted by Crippen LogP contribution is -2.10. The Bertz CT molecular complexity index is 464. The summed E-state index contributed by atoms with van der Waals surface area (Å²) in [5.74, 6) is 0.647. The van der Waals surface area contributed by atoms with Crippen LogP contribution < -0.4 is 4.74 Å². The summed E-state index contributed by atoms with van der Waals surface area (Å²) in [5.41, 5.74) is 0.364. The van der Waals surface area contributed by atoms with Gasteiger partial charge in [-0.15, -0.1) is 0 Å². The molecule has 0 amide bonds. The third kappa shape index (κ3) is 5.10. The molecular formula is C15H20ClNO2. The van der Waals surface area contributed by atoms with Crippen LogP contribution >= 0.6 is 11.6 Å². The van der Waals surface area contributed by atoms with Crippen molar-refractivity contribution in [2.24, 2.45) is 5.41 Å². The molecule has 1 unspecified atom stereocenters. The van der Waals surface area contributed by atoms with Gasteiger partial charge >= 0.3 is 0 Å². The summed E-state index contributed by atoms with van der Waals surface area (Å²) in [6.45, 7) is 6.02. The van der Waals surface area contributed by atoms with Gasteiger partial charge in [-0.2, -0.15) is 5.26 Å². The molecule has 4 heteroatoms. The number of rotatable bonds is 6. The van der Waals surface area contributed by atoms with Crippen LogP contribution in [0.5, 0.6) is 5.75 Å². The molecule has 0 saturated heterocycles. The fraction of sp³-hybridized carbons (Fsp3) is 0.533. The topological polar surface area (TPSA) is 53.2 Å². The second kappa shape index (κ2) is 6.79. The lowest BCUT2D eigenvalue weighted by atomic mass is 9.90. The zero-order valence-corrected chi connectivity index (χ0v) is 12.4. The van der Waals surface area contributed by atoms with E-state index in [1.807, 2.05) is 13.8 Å². The highest BCUT2D eigenvalue weighted by Crippen LogP contribution is 2.29. The second-order valence-electron chi connectivity index (χ2n) is 5.31. The summed E-state index contributed by atoms with van der Waals surface area (Å²) in [4.78, 5) is 0. The summed E-state index contributed by atoms with van der Waals surface area (Å²) in [6.07, 6.45) is 0.952. The van der Waals surface area contributed by atoms with Gasteiger partial charge in [0.05, 0.1) is 24.2 Å². The van der Waals surface area contributed by atoms with E-state index >= 15 is 0 Å². The molecular weight excluding hydrogens is 262 g/mol. The van der Waals surface area contributed by atoms with Crippen LogP contribution in [-0.4, -0.2) is 11.7 Å². The number of ether oxygens (including phenoxy) is 1. The van der Waals surface area contributed by atoms with Crippen LogP contribution in [0.15, 0.2) is 18.2 Å². The maximum atomic E-state index is 9.67. The van der Waals surface area contributed by atoms with Crippen molar-refractivity contribution in [3.05, 3.63) is 28.8 Å². The van der Waals surface area contributed by atoms with E-state index in [2.05, 4.69) is 6.07 Å². The van der Waals surface area contributed by atoms with Gasteiger partial charge in [-0.25, -0.2) is 0 Å². The van der Waals surface area contributed by atoms with Gasteiger partial charge < -0.3 is 9.84 Å². The number of aliphatic hydroxyl groups is 1. The number of benzene rings is 1. The summed E-state index contributed by atoms with van der Waals surface area (Å²) < 4.78 is 5.67. The number of aliphatic hydroxyl groups excluding tert-OH is 1. The highest BCUT2D eigenvalue weighted by Gasteiger charge is 2.16. The molecule has 0 heterocycles. The lowest BCUT2D eigenvalue weighted by molar-refractivity contribution is 0.190. The SMILES string of the molecule is CC(O)c1cc(Cl)ccc1OCCCC(C)(C)C#N. The fourth-order valence-corrected chi connectivity index (χ4v) is 1.91. The van der Waals surface area contributed by atoms with E-state index in [-0.39, 0.29) is 5.41 Å². The molecule has 1 aromatic carbocycles. The van der Waals surface area contributed by atoms with Crippen LogP contribution in [0, 0.1) is 16.7 Å². The fourth-order valence-electron chi connectivity index (χ4n) is 1.73. The molecule has 104 valence electrons. The first-order valence-corrected chi connectivity index (χ1v) is 6.75. The predicted octanol–water partition coefficient (Wildman–Crippen LogP) is 4.10. The van der Waals surface area contributed by atoms with Crippen molar-refractivity contribution in [1.82, 2.24) is 0 Å². The molecule has 0 bridgehead atoms. The summed E-state index contributed by atoms with van der Waals surface area (Å²) in [6, 6.07) is 7.47. The van der Waals surface area contributed by atoms with Crippen LogP contribution in [0.4, 0.5) is 0 Å². The molecule has 1 aromatic rings. The normalized spacial score (nSPS) is 12.8. The minimum atomic E-state index is -0.621. The maximum Gasteiger partial charge on any atom is 0.125 e. The van der Waals surface area contributed by atoms with Crippen molar-refractivity contribution in [3.8, 4) is 11.8 Å². The van der Waals surface area contributed by atoms with E-state index in [9.17, 15) is 5.11 Å². The van der Waals surface area contributed by atoms with E-state index in [4.69, 9.17) is 21.6 Å². The molecule has 1 rings (SSSR count). The quantitative estimate of drug-likeness (QED) is 0.799. The van der Waals surface area contributed by atoms with Gasteiger partial charge in [0.2, 0.25) is 0 Å². The average Bonchev–Trinajstić information content (AvgIpc) is 2.36. The molecule has 0 fully saturated rings. The monoisotopic (exact) mass is 281 g/mol. The standard InChI is InChI=1S/C15H20ClNO2/c1-11(18)13-9-12(16)5-6-14(13)19-8-4-7-15(2,3)10-17/h5-6,9,11,18H,4,7-8H2,1-3H3. The Balaban J connectivity index is 2.57. The largest absolute Gasteiger partial charge is 0.493 e. The Morgan fingerprint density at radius 1 is 1.47 bits per heavy atom. The first-order chi connectivity index (χ1) is 8.85. The van der Waals surface area contributed by atoms with Gasteiger partial charge in [-0.3, -0.25) is 0 Å². The lowest BCUT2D eigenvalue weighted by Gasteiger charge is -2.17. The predicted molar refractivity (Wildman–Crippen MR) is 76.2 cm³/mol. The second-order valence-corrected chi connectivity index (χ2v) is 5.74. The molecule has 0 spiro atoms. The summed E-state index contributed by atoms with van der Waals surface area (Å²) in [7, 11) is 0. The highest BCUT2D eigenvalue weighted by molar-refractivity contribution is 6.30. The van der Waals surface area contributed by atoms with Crippen molar-refractivity contribution in [3.63, 3.8) is 0 Å². The Kier molecular flexibility index (Phi) is 5.65. The molecule has 1 atom stereocenters. The van der Waals surface area contributed by atoms with Crippen molar-refractivity contribution in [2.45, 2.75) is 39.7 Å². The third-order valence-corrected chi connectivity index (χ3v) is 3.16. The molecule has 0 radical (unpaired) electrons. The molecule has 0 saturated carbocycles. The number of halogens is 1. The summed E-state index contributed by atoms with van der Waals surface area (Å²) >= 11 is 5.90. The number of hydrogen-bond donors (Lipinski definition) is 1. The number of nitriles is 1. The maximum absolute atomic E-state index is 9.67. The Hall–Kier alpha value is -1.24. The molecule has 0 aliphatic heterocycles. The van der Waals surface area contributed by atoms with Crippen LogP contribution in [-0.2, 0) is 0 Å². The van der Waals surface area contributed by atoms with E-state index in [1.54, 1.807) is 25.1 Å². The van der Waals surface area contributed by atoms with E-state index in [0.717, 1.165) is 12.8 Å². The van der Waals surface area contributed by atoms with Gasteiger partial charge in [0, 0.05) is 10.6 Å². The van der Waals surface area contributed by atoms with E-state index in [1.165, 1.54) is 0 Å². The molecule has 3 nitrogen and oxygen atoms in total. The van der Waals surface area contributed by atoms with Gasteiger partial charge in [-0.1, -0.05) is 11.6 Å². The number of nitrogens with zero attached hydrogens (tertiary/aromatic N) is 1. The smallest absolute Gasteiger partial charge is 0.125 e. The van der Waals surface area contributed by atoms with E-state index < -0.39 is 6.10 Å². The van der Waals surface area contributed by atoms with Crippen molar-refractivity contribution < 1.29 is 9.84 Å². The first-order valence-electron chi connectivity index (χ1n) is 6.37. The highest BCUT2D eigenvalue weighted by atomic mass is 35.5. The van der Waals surface area contributed by atoms with Crippen molar-refractivity contribution in [1.29, 1.82) is 5.26 Å². The molecule has 1 N–H and O–H groups in total. The van der Waals surface area contributed by atoms with Crippen molar-refractivity contribution >= 4 is 11.6 Å². The Morgan fingerprint density at radius 3 is 2.74 bits per heavy atom. The van der Waals surface area contributed by atoms with Gasteiger partial charge in [0.1, 0.15) is 5.75 Å².